The number of nitrogens with one attached hydrogen (secondary N) is 1. The van der Waals surface area contributed by atoms with Crippen molar-refractivity contribution >= 4 is 16.6 Å². The summed E-state index contributed by atoms with van der Waals surface area (Å²) in [5, 5.41) is 4.73. The van der Waals surface area contributed by atoms with E-state index in [0.29, 0.717) is 0 Å². The zero-order chi connectivity index (χ0) is 13.4. The molecule has 1 aromatic heterocycles. The molecule has 0 radical (unpaired) electrons. The Bertz CT molecular complexity index is 629. The number of hydrogen-bond donors (Lipinski definition) is 1. The maximum atomic E-state index is 4.98. The van der Waals surface area contributed by atoms with Crippen molar-refractivity contribution in [2.75, 3.05) is 12.4 Å². The Morgan fingerprint density at radius 3 is 2.63 bits per heavy atom. The normalized spacial score (nSPS) is 15.1. The van der Waals surface area contributed by atoms with Crippen molar-refractivity contribution in [2.45, 2.75) is 46.0 Å². The molecule has 3 rings (SSSR count). The monoisotopic (exact) mass is 254 g/mol. The van der Waals surface area contributed by atoms with Gasteiger partial charge in [0, 0.05) is 23.8 Å². The van der Waals surface area contributed by atoms with Crippen molar-refractivity contribution < 1.29 is 0 Å². The largest absolute Gasteiger partial charge is 0.387 e. The number of rotatable bonds is 1. The molecule has 1 aromatic carbocycles. The van der Waals surface area contributed by atoms with E-state index in [1.807, 2.05) is 7.05 Å². The van der Waals surface area contributed by atoms with E-state index in [9.17, 15) is 0 Å². The third-order valence-corrected chi connectivity index (χ3v) is 4.20. The van der Waals surface area contributed by atoms with Crippen LogP contribution in [-0.2, 0) is 12.8 Å². The molecule has 0 fully saturated rings. The fourth-order valence-electron chi connectivity index (χ4n) is 3.34. The Kier molecular flexibility index (Phi) is 3.17. The molecule has 0 spiro atoms. The van der Waals surface area contributed by atoms with Crippen LogP contribution in [0.1, 0.15) is 41.6 Å². The van der Waals surface area contributed by atoms with E-state index in [2.05, 4.69) is 31.3 Å². The van der Waals surface area contributed by atoms with Crippen LogP contribution >= 0.6 is 0 Å². The molecule has 0 atom stereocenters. The summed E-state index contributed by atoms with van der Waals surface area (Å²) < 4.78 is 0. The number of pyridine rings is 1. The van der Waals surface area contributed by atoms with Crippen LogP contribution in [0, 0.1) is 13.8 Å². The molecule has 1 aliphatic carbocycles. The second-order valence-corrected chi connectivity index (χ2v) is 5.70. The van der Waals surface area contributed by atoms with Gasteiger partial charge in [-0.1, -0.05) is 18.1 Å². The van der Waals surface area contributed by atoms with Gasteiger partial charge in [-0.3, -0.25) is 4.98 Å². The highest BCUT2D eigenvalue weighted by molar-refractivity contribution is 5.95. The Balaban J connectivity index is 2.36. The minimum atomic E-state index is 1.13. The molecule has 0 saturated heterocycles. The van der Waals surface area contributed by atoms with Gasteiger partial charge in [0.2, 0.25) is 0 Å². The molecule has 1 N–H and O–H groups in total. The Labute approximate surface area is 115 Å². The van der Waals surface area contributed by atoms with Crippen LogP contribution in [0.3, 0.4) is 0 Å². The van der Waals surface area contributed by atoms with Crippen LogP contribution in [0.4, 0.5) is 5.69 Å². The topological polar surface area (TPSA) is 24.9 Å². The minimum Gasteiger partial charge on any atom is -0.387 e. The quantitative estimate of drug-likeness (QED) is 0.773. The summed E-state index contributed by atoms with van der Waals surface area (Å²) in [7, 11) is 2.04. The first-order valence-corrected chi connectivity index (χ1v) is 7.31. The molecule has 0 aliphatic heterocycles. The molecule has 0 unspecified atom stereocenters. The number of hydrogen-bond acceptors (Lipinski definition) is 2. The van der Waals surface area contributed by atoms with Gasteiger partial charge in [-0.25, -0.2) is 0 Å². The van der Waals surface area contributed by atoms with Crippen molar-refractivity contribution in [2.24, 2.45) is 0 Å². The van der Waals surface area contributed by atoms with Crippen molar-refractivity contribution in [3.63, 3.8) is 0 Å². The maximum Gasteiger partial charge on any atom is 0.0755 e. The lowest BCUT2D eigenvalue weighted by molar-refractivity contribution is 0.709. The third-order valence-electron chi connectivity index (χ3n) is 4.20. The van der Waals surface area contributed by atoms with E-state index in [1.165, 1.54) is 64.7 Å². The average molecular weight is 254 g/mol. The van der Waals surface area contributed by atoms with Gasteiger partial charge in [-0.05, 0) is 56.7 Å². The second kappa shape index (κ2) is 4.84. The van der Waals surface area contributed by atoms with E-state index in [-0.39, 0.29) is 0 Å². The summed E-state index contributed by atoms with van der Waals surface area (Å²) in [5.74, 6) is 0. The minimum absolute atomic E-state index is 1.13. The smallest absolute Gasteiger partial charge is 0.0755 e. The van der Waals surface area contributed by atoms with Crippen LogP contribution in [0.15, 0.2) is 12.1 Å². The zero-order valence-corrected chi connectivity index (χ0v) is 12.1. The molecule has 1 aliphatic rings. The van der Waals surface area contributed by atoms with Crippen LogP contribution < -0.4 is 5.32 Å². The third kappa shape index (κ3) is 2.09. The lowest BCUT2D eigenvalue weighted by atomic mass is 9.98. The predicted octanol–water partition coefficient (Wildman–Crippen LogP) is 4.16. The Hall–Kier alpha value is -1.57. The van der Waals surface area contributed by atoms with Gasteiger partial charge < -0.3 is 5.32 Å². The summed E-state index contributed by atoms with van der Waals surface area (Å²) in [6.07, 6.45) is 6.20. The maximum absolute atomic E-state index is 4.98. The number of aromatic nitrogens is 1. The SMILES string of the molecule is CNc1c2c(nc3c(C)cc(C)cc13)CCCCC2. The lowest BCUT2D eigenvalue weighted by Crippen LogP contribution is -2.04. The van der Waals surface area contributed by atoms with Gasteiger partial charge >= 0.3 is 0 Å². The van der Waals surface area contributed by atoms with E-state index < -0.39 is 0 Å². The van der Waals surface area contributed by atoms with Gasteiger partial charge in [0.25, 0.3) is 0 Å². The molecule has 2 nitrogen and oxygen atoms in total. The summed E-state index contributed by atoms with van der Waals surface area (Å²) in [4.78, 5) is 4.98. The fourth-order valence-corrected chi connectivity index (χ4v) is 3.34. The standard InChI is InChI=1S/C17H22N2/c1-11-9-12(2)16-14(10-11)17(18-3)13-7-5-4-6-8-15(13)19-16/h9-10H,4-8H2,1-3H3,(H,18,19). The number of nitrogens with zero attached hydrogens (tertiary/aromatic N) is 1. The number of aryl methyl sites for hydroxylation is 3. The summed E-state index contributed by atoms with van der Waals surface area (Å²) in [6.45, 7) is 4.34. The average Bonchev–Trinajstić information content (AvgIpc) is 2.61. The van der Waals surface area contributed by atoms with E-state index in [4.69, 9.17) is 4.98 Å². The van der Waals surface area contributed by atoms with Crippen molar-refractivity contribution in [1.82, 2.24) is 4.98 Å². The van der Waals surface area contributed by atoms with Gasteiger partial charge in [0.1, 0.15) is 0 Å². The van der Waals surface area contributed by atoms with Gasteiger partial charge in [-0.2, -0.15) is 0 Å². The number of benzene rings is 1. The molecular weight excluding hydrogens is 232 g/mol. The van der Waals surface area contributed by atoms with Gasteiger partial charge in [0.15, 0.2) is 0 Å². The first-order valence-electron chi connectivity index (χ1n) is 7.31. The van der Waals surface area contributed by atoms with Crippen LogP contribution in [0.2, 0.25) is 0 Å². The van der Waals surface area contributed by atoms with Crippen LogP contribution in [0.5, 0.6) is 0 Å². The van der Waals surface area contributed by atoms with E-state index in [1.54, 1.807) is 0 Å². The van der Waals surface area contributed by atoms with Crippen molar-refractivity contribution in [3.05, 3.63) is 34.5 Å². The molecule has 2 aromatic rings. The molecule has 0 amide bonds. The van der Waals surface area contributed by atoms with Gasteiger partial charge in [-0.15, -0.1) is 0 Å². The molecule has 1 heterocycles. The summed E-state index contributed by atoms with van der Waals surface area (Å²) in [5.41, 5.74) is 7.87. The van der Waals surface area contributed by atoms with Gasteiger partial charge in [0.05, 0.1) is 5.52 Å². The molecule has 2 heteroatoms. The first-order chi connectivity index (χ1) is 9.20. The van der Waals surface area contributed by atoms with Crippen LogP contribution in [-0.4, -0.2) is 12.0 Å². The fraction of sp³-hybridized carbons (Fsp3) is 0.471. The Morgan fingerprint density at radius 1 is 1.05 bits per heavy atom. The summed E-state index contributed by atoms with van der Waals surface area (Å²) in [6, 6.07) is 4.50. The van der Waals surface area contributed by atoms with Crippen LogP contribution in [0.25, 0.3) is 10.9 Å². The highest BCUT2D eigenvalue weighted by Gasteiger charge is 2.17. The Morgan fingerprint density at radius 2 is 1.84 bits per heavy atom. The predicted molar refractivity (Wildman–Crippen MR) is 82.0 cm³/mol. The molecular formula is C17H22N2. The van der Waals surface area contributed by atoms with E-state index in [0.717, 1.165) is 6.42 Å². The zero-order valence-electron chi connectivity index (χ0n) is 12.1. The van der Waals surface area contributed by atoms with Crippen molar-refractivity contribution in [3.8, 4) is 0 Å². The molecule has 0 bridgehead atoms. The summed E-state index contributed by atoms with van der Waals surface area (Å²) >= 11 is 0. The number of anilines is 1. The van der Waals surface area contributed by atoms with E-state index >= 15 is 0 Å². The first kappa shape index (κ1) is 12.5. The van der Waals surface area contributed by atoms with Crippen molar-refractivity contribution in [1.29, 1.82) is 0 Å². The molecule has 0 saturated carbocycles. The highest BCUT2D eigenvalue weighted by Crippen LogP contribution is 2.34. The molecule has 19 heavy (non-hydrogen) atoms. The second-order valence-electron chi connectivity index (χ2n) is 5.70. The lowest BCUT2D eigenvalue weighted by Gasteiger charge is -2.16. The highest BCUT2D eigenvalue weighted by atomic mass is 14.9. The number of fused-ring (bicyclic) bond motifs is 2. The molecule has 100 valence electrons.